The van der Waals surface area contributed by atoms with Crippen molar-refractivity contribution in [3.8, 4) is 5.75 Å². The van der Waals surface area contributed by atoms with Crippen molar-refractivity contribution in [2.75, 3.05) is 33.5 Å². The van der Waals surface area contributed by atoms with Crippen LogP contribution >= 0.6 is 0 Å². The SMILES string of the molecule is COCCCOCCOc1cc(C)ccc1C(C)O. The van der Waals surface area contributed by atoms with E-state index >= 15 is 0 Å². The molecular formula is C15H24O4. The molecule has 1 atom stereocenters. The molecule has 0 saturated heterocycles. The van der Waals surface area contributed by atoms with E-state index in [4.69, 9.17) is 14.2 Å². The predicted molar refractivity (Wildman–Crippen MR) is 74.6 cm³/mol. The second-order valence-electron chi connectivity index (χ2n) is 4.52. The van der Waals surface area contributed by atoms with Crippen molar-refractivity contribution < 1.29 is 19.3 Å². The number of aliphatic hydroxyl groups is 1. The molecule has 1 aromatic carbocycles. The molecule has 4 nitrogen and oxygen atoms in total. The topological polar surface area (TPSA) is 47.9 Å². The van der Waals surface area contributed by atoms with Gasteiger partial charge in [-0.05, 0) is 31.9 Å². The van der Waals surface area contributed by atoms with E-state index < -0.39 is 6.10 Å². The molecule has 1 N–H and O–H groups in total. The minimum atomic E-state index is -0.529. The summed E-state index contributed by atoms with van der Waals surface area (Å²) >= 11 is 0. The van der Waals surface area contributed by atoms with E-state index in [1.165, 1.54) is 0 Å². The van der Waals surface area contributed by atoms with Gasteiger partial charge in [0, 0.05) is 25.9 Å². The van der Waals surface area contributed by atoms with E-state index in [-0.39, 0.29) is 0 Å². The van der Waals surface area contributed by atoms with Crippen LogP contribution in [-0.2, 0) is 9.47 Å². The van der Waals surface area contributed by atoms with Crippen LogP contribution in [0.1, 0.15) is 30.6 Å². The van der Waals surface area contributed by atoms with Crippen LogP contribution < -0.4 is 4.74 Å². The van der Waals surface area contributed by atoms with Crippen molar-refractivity contribution in [1.29, 1.82) is 0 Å². The van der Waals surface area contributed by atoms with Crippen LogP contribution in [-0.4, -0.2) is 38.6 Å². The van der Waals surface area contributed by atoms with Crippen molar-refractivity contribution in [2.45, 2.75) is 26.4 Å². The number of ether oxygens (including phenoxy) is 3. The monoisotopic (exact) mass is 268 g/mol. The molecule has 0 heterocycles. The summed E-state index contributed by atoms with van der Waals surface area (Å²) < 4.78 is 16.0. The molecule has 4 heteroatoms. The molecule has 0 aliphatic heterocycles. The van der Waals surface area contributed by atoms with E-state index in [1.54, 1.807) is 14.0 Å². The maximum Gasteiger partial charge on any atom is 0.125 e. The number of hydrogen-bond donors (Lipinski definition) is 1. The zero-order chi connectivity index (χ0) is 14.1. The van der Waals surface area contributed by atoms with Gasteiger partial charge in [0.15, 0.2) is 0 Å². The molecule has 0 radical (unpaired) electrons. The lowest BCUT2D eigenvalue weighted by atomic mass is 10.1. The third kappa shape index (κ3) is 6.05. The van der Waals surface area contributed by atoms with Crippen LogP contribution in [0.15, 0.2) is 18.2 Å². The Kier molecular flexibility index (Phi) is 7.48. The first kappa shape index (κ1) is 16.0. The number of aryl methyl sites for hydroxylation is 1. The highest BCUT2D eigenvalue weighted by atomic mass is 16.5. The predicted octanol–water partition coefficient (Wildman–Crippen LogP) is 2.48. The van der Waals surface area contributed by atoms with Crippen LogP contribution in [0, 0.1) is 6.92 Å². The van der Waals surface area contributed by atoms with Gasteiger partial charge in [0.05, 0.1) is 12.7 Å². The first-order valence-electron chi connectivity index (χ1n) is 6.63. The lowest BCUT2D eigenvalue weighted by Crippen LogP contribution is -2.10. The highest BCUT2D eigenvalue weighted by molar-refractivity contribution is 5.38. The number of rotatable bonds is 9. The zero-order valence-electron chi connectivity index (χ0n) is 12.0. The van der Waals surface area contributed by atoms with Crippen molar-refractivity contribution >= 4 is 0 Å². The molecule has 0 bridgehead atoms. The Morgan fingerprint density at radius 2 is 1.95 bits per heavy atom. The summed E-state index contributed by atoms with van der Waals surface area (Å²) in [7, 11) is 1.68. The van der Waals surface area contributed by atoms with E-state index in [1.807, 2.05) is 25.1 Å². The Hall–Kier alpha value is -1.10. The van der Waals surface area contributed by atoms with Gasteiger partial charge in [-0.3, -0.25) is 0 Å². The van der Waals surface area contributed by atoms with Gasteiger partial charge >= 0.3 is 0 Å². The number of benzene rings is 1. The molecule has 1 unspecified atom stereocenters. The minimum Gasteiger partial charge on any atom is -0.491 e. The van der Waals surface area contributed by atoms with Gasteiger partial charge in [0.2, 0.25) is 0 Å². The van der Waals surface area contributed by atoms with Gasteiger partial charge < -0.3 is 19.3 Å². The maximum absolute atomic E-state index is 9.67. The smallest absolute Gasteiger partial charge is 0.125 e. The number of hydrogen-bond acceptors (Lipinski definition) is 4. The first-order chi connectivity index (χ1) is 9.15. The molecule has 0 amide bonds. The second-order valence-corrected chi connectivity index (χ2v) is 4.52. The minimum absolute atomic E-state index is 0.482. The normalized spacial score (nSPS) is 12.4. The zero-order valence-corrected chi connectivity index (χ0v) is 12.0. The fourth-order valence-corrected chi connectivity index (χ4v) is 1.73. The quantitative estimate of drug-likeness (QED) is 0.699. The van der Waals surface area contributed by atoms with E-state index in [2.05, 4.69) is 0 Å². The molecule has 0 spiro atoms. The Labute approximate surface area is 115 Å². The van der Waals surface area contributed by atoms with E-state index in [9.17, 15) is 5.11 Å². The van der Waals surface area contributed by atoms with Gasteiger partial charge in [-0.1, -0.05) is 12.1 Å². The Morgan fingerprint density at radius 3 is 2.63 bits per heavy atom. The fraction of sp³-hybridized carbons (Fsp3) is 0.600. The molecule has 0 fully saturated rings. The molecular weight excluding hydrogens is 244 g/mol. The number of methoxy groups -OCH3 is 1. The van der Waals surface area contributed by atoms with Crippen LogP contribution in [0.25, 0.3) is 0 Å². The van der Waals surface area contributed by atoms with Gasteiger partial charge in [-0.15, -0.1) is 0 Å². The van der Waals surface area contributed by atoms with Crippen molar-refractivity contribution in [2.24, 2.45) is 0 Å². The Balaban J connectivity index is 2.34. The molecule has 0 aromatic heterocycles. The lowest BCUT2D eigenvalue weighted by Gasteiger charge is -2.14. The summed E-state index contributed by atoms with van der Waals surface area (Å²) in [6.07, 6.45) is 0.359. The van der Waals surface area contributed by atoms with Crippen LogP contribution in [0.2, 0.25) is 0 Å². The van der Waals surface area contributed by atoms with Crippen molar-refractivity contribution in [3.63, 3.8) is 0 Å². The highest BCUT2D eigenvalue weighted by Gasteiger charge is 2.09. The molecule has 0 aliphatic rings. The third-order valence-corrected chi connectivity index (χ3v) is 2.74. The average molecular weight is 268 g/mol. The van der Waals surface area contributed by atoms with Crippen molar-refractivity contribution in [1.82, 2.24) is 0 Å². The summed E-state index contributed by atoms with van der Waals surface area (Å²) in [5.74, 6) is 0.732. The molecule has 1 aromatic rings. The van der Waals surface area contributed by atoms with Crippen LogP contribution in [0.4, 0.5) is 0 Å². The van der Waals surface area contributed by atoms with Gasteiger partial charge in [0.25, 0.3) is 0 Å². The first-order valence-corrected chi connectivity index (χ1v) is 6.63. The number of aliphatic hydroxyl groups excluding tert-OH is 1. The molecule has 108 valence electrons. The van der Waals surface area contributed by atoms with Crippen LogP contribution in [0.5, 0.6) is 5.75 Å². The van der Waals surface area contributed by atoms with Gasteiger partial charge in [-0.25, -0.2) is 0 Å². The third-order valence-electron chi connectivity index (χ3n) is 2.74. The molecule has 1 rings (SSSR count). The molecule has 19 heavy (non-hydrogen) atoms. The second kappa shape index (κ2) is 8.91. The molecule has 0 aliphatic carbocycles. The summed E-state index contributed by atoms with van der Waals surface area (Å²) in [5, 5.41) is 9.67. The van der Waals surface area contributed by atoms with Gasteiger partial charge in [0.1, 0.15) is 12.4 Å². The van der Waals surface area contributed by atoms with E-state index in [0.29, 0.717) is 26.4 Å². The lowest BCUT2D eigenvalue weighted by molar-refractivity contribution is 0.0795. The fourth-order valence-electron chi connectivity index (χ4n) is 1.73. The Morgan fingerprint density at radius 1 is 1.16 bits per heavy atom. The maximum atomic E-state index is 9.67. The summed E-state index contributed by atoms with van der Waals surface area (Å²) in [6.45, 7) is 6.14. The standard InChI is InChI=1S/C15H24O4/c1-12-5-6-14(13(2)16)15(11-12)19-10-9-18-8-4-7-17-3/h5-6,11,13,16H,4,7-10H2,1-3H3. The van der Waals surface area contributed by atoms with Gasteiger partial charge in [-0.2, -0.15) is 0 Å². The highest BCUT2D eigenvalue weighted by Crippen LogP contribution is 2.26. The van der Waals surface area contributed by atoms with E-state index in [0.717, 1.165) is 23.3 Å². The summed E-state index contributed by atoms with van der Waals surface area (Å²) in [5.41, 5.74) is 1.92. The summed E-state index contributed by atoms with van der Waals surface area (Å²) in [6, 6.07) is 5.80. The Bertz CT molecular complexity index is 363. The molecule has 0 saturated carbocycles. The van der Waals surface area contributed by atoms with Crippen molar-refractivity contribution in [3.05, 3.63) is 29.3 Å². The summed E-state index contributed by atoms with van der Waals surface area (Å²) in [4.78, 5) is 0. The van der Waals surface area contributed by atoms with Crippen LogP contribution in [0.3, 0.4) is 0 Å². The average Bonchev–Trinajstić information content (AvgIpc) is 2.37. The largest absolute Gasteiger partial charge is 0.491 e.